The van der Waals surface area contributed by atoms with Gasteiger partial charge in [0.2, 0.25) is 6.41 Å². The Morgan fingerprint density at radius 1 is 1.11 bits per heavy atom. The van der Waals surface area contributed by atoms with Gasteiger partial charge in [-0.25, -0.2) is 0 Å². The lowest BCUT2D eigenvalue weighted by Crippen LogP contribution is -2.52. The molecule has 0 radical (unpaired) electrons. The summed E-state index contributed by atoms with van der Waals surface area (Å²) in [7, 11) is 0. The first-order valence-corrected chi connectivity index (χ1v) is 4.82. The number of nitrogens with one attached hydrogen (secondary N) is 1. The summed E-state index contributed by atoms with van der Waals surface area (Å²) in [6.07, 6.45) is -9.38. The zero-order valence-corrected chi connectivity index (χ0v) is 9.10. The number of halogens is 5. The van der Waals surface area contributed by atoms with Crippen molar-refractivity contribution >= 4 is 23.7 Å². The molecule has 0 aliphatic carbocycles. The second-order valence-electron chi connectivity index (χ2n) is 3.28. The van der Waals surface area contributed by atoms with Gasteiger partial charge < -0.3 is 14.8 Å². The van der Waals surface area contributed by atoms with E-state index in [0.717, 1.165) is 12.1 Å². The Balaban J connectivity index is 2.47. The Bertz CT molecular complexity index is 509. The fraction of sp³-hybridized carbons (Fsp3) is 0.222. The minimum absolute atomic E-state index is 0.0740. The molecule has 1 aliphatic rings. The van der Waals surface area contributed by atoms with E-state index in [-0.39, 0.29) is 17.1 Å². The summed E-state index contributed by atoms with van der Waals surface area (Å²) in [5, 5.41) is 1.93. The van der Waals surface area contributed by atoms with E-state index in [1.165, 1.54) is 0 Å². The quantitative estimate of drug-likeness (QED) is 0.671. The summed E-state index contributed by atoms with van der Waals surface area (Å²) in [5.41, 5.74) is -0.0740. The van der Waals surface area contributed by atoms with Gasteiger partial charge in [0.1, 0.15) is 0 Å². The second kappa shape index (κ2) is 3.91. The summed E-state index contributed by atoms with van der Waals surface area (Å²) in [6, 6.07) is 1.70. The molecule has 1 aromatic carbocycles. The number of rotatable bonds is 2. The van der Waals surface area contributed by atoms with Crippen molar-refractivity contribution in [2.45, 2.75) is 12.2 Å². The number of carbonyl (C=O) groups excluding carboxylic acids is 1. The van der Waals surface area contributed by atoms with Gasteiger partial charge in [0.25, 0.3) is 0 Å². The zero-order chi connectivity index (χ0) is 13.6. The molecule has 98 valence electrons. The van der Waals surface area contributed by atoms with Crippen LogP contribution in [-0.4, -0.2) is 18.6 Å². The van der Waals surface area contributed by atoms with Crippen molar-refractivity contribution in [3.05, 3.63) is 17.2 Å². The van der Waals surface area contributed by atoms with E-state index in [9.17, 15) is 22.4 Å². The fourth-order valence-electron chi connectivity index (χ4n) is 1.26. The minimum atomic E-state index is -4.81. The molecule has 2 rings (SSSR count). The molecule has 0 fully saturated rings. The van der Waals surface area contributed by atoms with Crippen LogP contribution in [0.3, 0.4) is 0 Å². The molecule has 1 N–H and O–H groups in total. The molecule has 0 saturated carbocycles. The first-order chi connectivity index (χ1) is 8.27. The molecule has 0 saturated heterocycles. The van der Waals surface area contributed by atoms with E-state index in [1.54, 1.807) is 0 Å². The molecule has 0 bridgehead atoms. The van der Waals surface area contributed by atoms with E-state index in [0.29, 0.717) is 0 Å². The number of ether oxygens (including phenoxy) is 2. The number of amides is 1. The molecule has 1 amide bonds. The molecule has 0 aromatic heterocycles. The third-order valence-corrected chi connectivity index (χ3v) is 2.38. The Morgan fingerprint density at radius 3 is 2.11 bits per heavy atom. The number of alkyl halides is 4. The molecular formula is C9H4ClF4NO3. The number of benzene rings is 1. The smallest absolute Gasteiger partial charge is 0.421 e. The van der Waals surface area contributed by atoms with Crippen molar-refractivity contribution in [2.24, 2.45) is 0 Å². The first kappa shape index (κ1) is 12.7. The van der Waals surface area contributed by atoms with Gasteiger partial charge in [-0.05, 0) is 0 Å². The number of anilines is 1. The van der Waals surface area contributed by atoms with Crippen LogP contribution in [0.1, 0.15) is 0 Å². The number of hydrogen-bond acceptors (Lipinski definition) is 3. The molecule has 4 nitrogen and oxygen atoms in total. The van der Waals surface area contributed by atoms with E-state index in [4.69, 9.17) is 11.6 Å². The minimum Gasteiger partial charge on any atom is -0.421 e. The van der Waals surface area contributed by atoms with Gasteiger partial charge in [0, 0.05) is 12.1 Å². The van der Waals surface area contributed by atoms with Crippen LogP contribution in [-0.2, 0) is 4.79 Å². The lowest BCUT2D eigenvalue weighted by Gasteiger charge is -2.32. The lowest BCUT2D eigenvalue weighted by molar-refractivity contribution is -0.391. The summed E-state index contributed by atoms with van der Waals surface area (Å²) < 4.78 is 59.1. The standard InChI is InChI=1S/C9H4ClF4NO3/c10-4-1-6-7(2-5(4)15-3-16)18-9(13,14)8(11,12)17-6/h1-3H,(H,15,16). The van der Waals surface area contributed by atoms with Gasteiger partial charge in [-0.3, -0.25) is 4.79 Å². The summed E-state index contributed by atoms with van der Waals surface area (Å²) in [4.78, 5) is 10.2. The predicted molar refractivity (Wildman–Crippen MR) is 52.3 cm³/mol. The van der Waals surface area contributed by atoms with Crippen LogP contribution in [0, 0.1) is 0 Å². The summed E-state index contributed by atoms with van der Waals surface area (Å²) >= 11 is 5.61. The van der Waals surface area contributed by atoms with Gasteiger partial charge in [0.05, 0.1) is 10.7 Å². The molecular weight excluding hydrogens is 282 g/mol. The largest absolute Gasteiger partial charge is 0.507 e. The molecule has 1 aromatic rings. The third kappa shape index (κ3) is 1.92. The van der Waals surface area contributed by atoms with Crippen molar-refractivity contribution in [1.29, 1.82) is 0 Å². The van der Waals surface area contributed by atoms with Crippen LogP contribution in [0.5, 0.6) is 11.5 Å². The van der Waals surface area contributed by atoms with Crippen molar-refractivity contribution in [3.8, 4) is 11.5 Å². The molecule has 0 atom stereocenters. The van der Waals surface area contributed by atoms with E-state index >= 15 is 0 Å². The van der Waals surface area contributed by atoms with Gasteiger partial charge in [0.15, 0.2) is 11.5 Å². The average Bonchev–Trinajstić information content (AvgIpc) is 2.22. The molecule has 0 unspecified atom stereocenters. The summed E-state index contributed by atoms with van der Waals surface area (Å²) in [6.45, 7) is 0. The van der Waals surface area contributed by atoms with Crippen LogP contribution < -0.4 is 14.8 Å². The van der Waals surface area contributed by atoms with Crippen molar-refractivity contribution in [2.75, 3.05) is 5.32 Å². The van der Waals surface area contributed by atoms with Crippen LogP contribution in [0.25, 0.3) is 0 Å². The predicted octanol–water partition coefficient (Wildman–Crippen LogP) is 2.87. The fourth-order valence-corrected chi connectivity index (χ4v) is 1.47. The van der Waals surface area contributed by atoms with Gasteiger partial charge in [-0.2, -0.15) is 17.6 Å². The van der Waals surface area contributed by atoms with Gasteiger partial charge in [-0.1, -0.05) is 11.6 Å². The molecule has 0 spiro atoms. The topological polar surface area (TPSA) is 47.6 Å². The Kier molecular flexibility index (Phi) is 2.77. The molecule has 1 heterocycles. The second-order valence-corrected chi connectivity index (χ2v) is 3.69. The van der Waals surface area contributed by atoms with Crippen LogP contribution in [0.15, 0.2) is 12.1 Å². The average molecular weight is 286 g/mol. The summed E-state index contributed by atoms with van der Waals surface area (Å²) in [5.74, 6) is -1.30. The monoisotopic (exact) mass is 285 g/mol. The van der Waals surface area contributed by atoms with Gasteiger partial charge >= 0.3 is 12.2 Å². The highest BCUT2D eigenvalue weighted by Crippen LogP contribution is 2.49. The third-order valence-electron chi connectivity index (χ3n) is 2.06. The van der Waals surface area contributed by atoms with E-state index in [1.807, 2.05) is 0 Å². The highest BCUT2D eigenvalue weighted by Gasteiger charge is 2.66. The Morgan fingerprint density at radius 2 is 1.61 bits per heavy atom. The van der Waals surface area contributed by atoms with Crippen LogP contribution in [0.2, 0.25) is 5.02 Å². The van der Waals surface area contributed by atoms with Crippen molar-refractivity contribution in [1.82, 2.24) is 0 Å². The molecule has 1 aliphatic heterocycles. The highest BCUT2D eigenvalue weighted by molar-refractivity contribution is 6.33. The maximum Gasteiger partial charge on any atom is 0.507 e. The van der Waals surface area contributed by atoms with Gasteiger partial charge in [-0.15, -0.1) is 0 Å². The normalized spacial score (nSPS) is 19.2. The van der Waals surface area contributed by atoms with Crippen molar-refractivity contribution in [3.63, 3.8) is 0 Å². The zero-order valence-electron chi connectivity index (χ0n) is 8.35. The Hall–Kier alpha value is -1.70. The molecule has 18 heavy (non-hydrogen) atoms. The lowest BCUT2D eigenvalue weighted by atomic mass is 10.2. The van der Waals surface area contributed by atoms with Crippen LogP contribution in [0.4, 0.5) is 23.2 Å². The number of carbonyl (C=O) groups is 1. The maximum absolute atomic E-state index is 12.9. The van der Waals surface area contributed by atoms with E-state index < -0.39 is 23.7 Å². The molecule has 9 heteroatoms. The Labute approximate surface area is 102 Å². The van der Waals surface area contributed by atoms with Crippen molar-refractivity contribution < 1.29 is 31.8 Å². The number of fused-ring (bicyclic) bond motifs is 1. The number of hydrogen-bond donors (Lipinski definition) is 1. The van der Waals surface area contributed by atoms with Crippen LogP contribution >= 0.6 is 11.6 Å². The first-order valence-electron chi connectivity index (χ1n) is 4.44. The van der Waals surface area contributed by atoms with E-state index in [2.05, 4.69) is 14.8 Å². The highest BCUT2D eigenvalue weighted by atomic mass is 35.5. The SMILES string of the molecule is O=CNc1cc2c(cc1Cl)OC(F)(F)C(F)(F)O2. The maximum atomic E-state index is 12.9.